The third-order valence-electron chi connectivity index (χ3n) is 2.52. The molecule has 0 aliphatic rings. The Labute approximate surface area is 134 Å². The quantitative estimate of drug-likeness (QED) is 0.278. The monoisotopic (exact) mass is 348 g/mol. The maximum atomic E-state index is 13.3. The Morgan fingerprint density at radius 2 is 1.71 bits per heavy atom. The lowest BCUT2D eigenvalue weighted by molar-refractivity contribution is 0.318. The van der Waals surface area contributed by atoms with E-state index in [-0.39, 0.29) is 38.0 Å². The molecule has 2 aromatic carbocycles. The number of oxime groups is 1. The van der Waals surface area contributed by atoms with Gasteiger partial charge < -0.3 is 15.7 Å². The molecule has 8 heteroatoms. The average molecular weight is 350 g/mol. The summed E-state index contributed by atoms with van der Waals surface area (Å²) in [5.41, 5.74) is 5.55. The number of rotatable bonds is 3. The summed E-state index contributed by atoms with van der Waals surface area (Å²) >= 11 is 17.7. The van der Waals surface area contributed by atoms with E-state index in [0.717, 1.165) is 12.1 Å². The van der Waals surface area contributed by atoms with Gasteiger partial charge in [-0.1, -0.05) is 40.0 Å². The van der Waals surface area contributed by atoms with Crippen LogP contribution in [0.25, 0.3) is 0 Å². The van der Waals surface area contributed by atoms with E-state index in [4.69, 9.17) is 50.5 Å². The van der Waals surface area contributed by atoms with E-state index in [9.17, 15) is 4.39 Å². The molecule has 2 rings (SSSR count). The Balaban J connectivity index is 2.47. The fraction of sp³-hybridized carbons (Fsp3) is 0. The molecule has 0 aliphatic heterocycles. The summed E-state index contributed by atoms with van der Waals surface area (Å²) in [4.78, 5) is 0. The Kier molecular flexibility index (Phi) is 4.77. The molecular formula is C13H8Cl3FN2O2. The van der Waals surface area contributed by atoms with E-state index < -0.39 is 5.82 Å². The van der Waals surface area contributed by atoms with Crippen LogP contribution in [0.5, 0.6) is 11.5 Å². The number of hydrogen-bond donors (Lipinski definition) is 2. The molecular weight excluding hydrogens is 342 g/mol. The maximum Gasteiger partial charge on any atom is 0.173 e. The Hall–Kier alpha value is -1.69. The highest BCUT2D eigenvalue weighted by molar-refractivity contribution is 6.43. The lowest BCUT2D eigenvalue weighted by Crippen LogP contribution is -2.14. The Bertz CT molecular complexity index is 723. The van der Waals surface area contributed by atoms with Gasteiger partial charge >= 0.3 is 0 Å². The van der Waals surface area contributed by atoms with E-state index >= 15 is 0 Å². The highest BCUT2D eigenvalue weighted by Crippen LogP contribution is 2.37. The molecule has 0 fully saturated rings. The van der Waals surface area contributed by atoms with Crippen LogP contribution in [0.3, 0.4) is 0 Å². The van der Waals surface area contributed by atoms with Crippen LogP contribution < -0.4 is 10.5 Å². The van der Waals surface area contributed by atoms with Crippen LogP contribution in [-0.2, 0) is 0 Å². The second-order valence-corrected chi connectivity index (χ2v) is 5.15. The second-order valence-electron chi connectivity index (χ2n) is 3.92. The summed E-state index contributed by atoms with van der Waals surface area (Å²) in [7, 11) is 0. The van der Waals surface area contributed by atoms with Gasteiger partial charge in [-0.05, 0) is 24.3 Å². The fourth-order valence-electron chi connectivity index (χ4n) is 1.55. The van der Waals surface area contributed by atoms with Crippen molar-refractivity contribution in [1.29, 1.82) is 0 Å². The molecule has 110 valence electrons. The molecule has 4 nitrogen and oxygen atoms in total. The van der Waals surface area contributed by atoms with Crippen LogP contribution >= 0.6 is 34.8 Å². The Morgan fingerprint density at radius 3 is 2.38 bits per heavy atom. The molecule has 0 unspecified atom stereocenters. The molecule has 0 saturated carbocycles. The van der Waals surface area contributed by atoms with Gasteiger partial charge in [-0.15, -0.1) is 0 Å². The zero-order chi connectivity index (χ0) is 15.6. The number of ether oxygens (including phenoxy) is 1. The van der Waals surface area contributed by atoms with Gasteiger partial charge in [0.2, 0.25) is 0 Å². The number of benzene rings is 2. The highest BCUT2D eigenvalue weighted by atomic mass is 35.5. The van der Waals surface area contributed by atoms with Gasteiger partial charge in [-0.3, -0.25) is 0 Å². The van der Waals surface area contributed by atoms with Crippen LogP contribution in [0.15, 0.2) is 35.5 Å². The molecule has 0 atom stereocenters. The van der Waals surface area contributed by atoms with Gasteiger partial charge in [0.05, 0.1) is 20.6 Å². The first-order valence-electron chi connectivity index (χ1n) is 5.52. The number of halogens is 4. The van der Waals surface area contributed by atoms with Crippen molar-refractivity contribution in [3.05, 3.63) is 56.8 Å². The van der Waals surface area contributed by atoms with E-state index in [1.807, 2.05) is 0 Å². The van der Waals surface area contributed by atoms with Crippen molar-refractivity contribution in [3.8, 4) is 11.5 Å². The first-order valence-corrected chi connectivity index (χ1v) is 6.65. The van der Waals surface area contributed by atoms with E-state index in [2.05, 4.69) is 5.16 Å². The first kappa shape index (κ1) is 15.7. The van der Waals surface area contributed by atoms with Crippen LogP contribution in [-0.4, -0.2) is 11.0 Å². The van der Waals surface area contributed by atoms with Gasteiger partial charge in [0.25, 0.3) is 0 Å². The minimum Gasteiger partial charge on any atom is -0.455 e. The van der Waals surface area contributed by atoms with Gasteiger partial charge in [-0.25, -0.2) is 4.39 Å². The van der Waals surface area contributed by atoms with Crippen LogP contribution in [0.2, 0.25) is 15.1 Å². The fourth-order valence-corrected chi connectivity index (χ4v) is 2.12. The summed E-state index contributed by atoms with van der Waals surface area (Å²) in [5, 5.41) is 12.3. The summed E-state index contributed by atoms with van der Waals surface area (Å²) in [6, 6.07) is 6.37. The number of hydrogen-bond acceptors (Lipinski definition) is 3. The predicted octanol–water partition coefficient (Wildman–Crippen LogP) is 4.67. The third kappa shape index (κ3) is 3.50. The summed E-state index contributed by atoms with van der Waals surface area (Å²) in [6.07, 6.45) is 0. The molecule has 0 amide bonds. The standard InChI is InChI=1S/C13H8Cl3FN2O2/c14-8-4-10(16)12(5-9(8)15)21-11-2-1-6(17)3-7(11)13(18)19-20/h1-5,20H,(H2,18,19). The van der Waals surface area contributed by atoms with E-state index in [0.29, 0.717) is 0 Å². The molecule has 0 radical (unpaired) electrons. The van der Waals surface area contributed by atoms with Crippen LogP contribution in [0.1, 0.15) is 5.56 Å². The largest absolute Gasteiger partial charge is 0.455 e. The number of nitrogens with zero attached hydrogens (tertiary/aromatic N) is 1. The van der Waals surface area contributed by atoms with Crippen LogP contribution in [0.4, 0.5) is 4.39 Å². The molecule has 21 heavy (non-hydrogen) atoms. The van der Waals surface area contributed by atoms with Crippen molar-refractivity contribution < 1.29 is 14.3 Å². The van der Waals surface area contributed by atoms with E-state index in [1.54, 1.807) is 0 Å². The lowest BCUT2D eigenvalue weighted by atomic mass is 10.2. The lowest BCUT2D eigenvalue weighted by Gasteiger charge is -2.12. The smallest absolute Gasteiger partial charge is 0.173 e. The van der Waals surface area contributed by atoms with Gasteiger partial charge in [-0.2, -0.15) is 0 Å². The van der Waals surface area contributed by atoms with Crippen molar-refractivity contribution in [2.24, 2.45) is 10.9 Å². The second kappa shape index (κ2) is 6.39. The molecule has 0 heterocycles. The van der Waals surface area contributed by atoms with Crippen LogP contribution in [0, 0.1) is 5.82 Å². The maximum absolute atomic E-state index is 13.3. The van der Waals surface area contributed by atoms with Crippen molar-refractivity contribution in [2.75, 3.05) is 0 Å². The molecule has 0 saturated heterocycles. The van der Waals surface area contributed by atoms with Crippen molar-refractivity contribution in [1.82, 2.24) is 0 Å². The van der Waals surface area contributed by atoms with Crippen molar-refractivity contribution in [3.63, 3.8) is 0 Å². The molecule has 0 aromatic heterocycles. The average Bonchev–Trinajstić information content (AvgIpc) is 2.45. The first-order chi connectivity index (χ1) is 9.92. The minimum atomic E-state index is -0.566. The molecule has 0 aliphatic carbocycles. The molecule has 3 N–H and O–H groups in total. The molecule has 0 spiro atoms. The summed E-state index contributed by atoms with van der Waals surface area (Å²) < 4.78 is 18.8. The normalized spacial score (nSPS) is 11.5. The highest BCUT2D eigenvalue weighted by Gasteiger charge is 2.14. The topological polar surface area (TPSA) is 67.8 Å². The zero-order valence-electron chi connectivity index (χ0n) is 10.3. The SMILES string of the molecule is NC(=NO)c1cc(F)ccc1Oc1cc(Cl)c(Cl)cc1Cl. The van der Waals surface area contributed by atoms with Gasteiger partial charge in [0.1, 0.15) is 17.3 Å². The molecule has 0 bridgehead atoms. The van der Waals surface area contributed by atoms with Crippen molar-refractivity contribution >= 4 is 40.6 Å². The van der Waals surface area contributed by atoms with Gasteiger partial charge in [0, 0.05) is 6.07 Å². The van der Waals surface area contributed by atoms with E-state index in [1.165, 1.54) is 18.2 Å². The zero-order valence-corrected chi connectivity index (χ0v) is 12.5. The minimum absolute atomic E-state index is 0.0691. The van der Waals surface area contributed by atoms with Crippen molar-refractivity contribution in [2.45, 2.75) is 0 Å². The third-order valence-corrected chi connectivity index (χ3v) is 3.54. The molecule has 2 aromatic rings. The predicted molar refractivity (Wildman–Crippen MR) is 80.5 cm³/mol. The summed E-state index contributed by atoms with van der Waals surface area (Å²) in [5.74, 6) is -0.526. The number of nitrogens with two attached hydrogens (primary N) is 1. The van der Waals surface area contributed by atoms with Gasteiger partial charge in [0.15, 0.2) is 5.84 Å². The summed E-state index contributed by atoms with van der Waals surface area (Å²) in [6.45, 7) is 0. The Morgan fingerprint density at radius 1 is 1.05 bits per heavy atom. The number of amidine groups is 1.